The number of terminal acetylenes is 1. The van der Waals surface area contributed by atoms with Crippen molar-refractivity contribution in [2.24, 2.45) is 0 Å². The number of nitrogens with one attached hydrogen (secondary N) is 1. The molecule has 7 nitrogen and oxygen atoms in total. The van der Waals surface area contributed by atoms with E-state index in [0.717, 1.165) is 47.1 Å². The van der Waals surface area contributed by atoms with Gasteiger partial charge in [-0.2, -0.15) is 4.98 Å². The lowest BCUT2D eigenvalue weighted by molar-refractivity contribution is -0.274. The number of fused-ring (bicyclic) bond motifs is 3. The van der Waals surface area contributed by atoms with Gasteiger partial charge in [-0.3, -0.25) is 4.79 Å². The maximum absolute atomic E-state index is 12.7. The highest BCUT2D eigenvalue weighted by molar-refractivity contribution is 5.89. The van der Waals surface area contributed by atoms with Crippen molar-refractivity contribution in [2.75, 3.05) is 0 Å². The predicted molar refractivity (Wildman–Crippen MR) is 115 cm³/mol. The van der Waals surface area contributed by atoms with Crippen LogP contribution in [0.5, 0.6) is 5.75 Å². The Morgan fingerprint density at radius 1 is 1.26 bits per heavy atom. The highest BCUT2D eigenvalue weighted by Gasteiger charge is 2.32. The quantitative estimate of drug-likeness (QED) is 0.388. The standard InChI is InChI=1S/C24H16F3N3O4/c1-2-12-7-15(9-16(8-12)33-24(25,26)27)23-29-22(30-34-23)14-4-6-19-18(10-14)17-5-3-13(11-20(31)32)21(17)28-19/h1,4,6-10,13,28H,3,5,11H2,(H,31,32). The van der Waals surface area contributed by atoms with Crippen molar-refractivity contribution in [3.8, 4) is 40.9 Å². The number of carboxylic acid groups (broad SMARTS) is 1. The fourth-order valence-corrected chi connectivity index (χ4v) is 4.36. The third kappa shape index (κ3) is 4.08. The van der Waals surface area contributed by atoms with E-state index in [2.05, 4.69) is 25.8 Å². The second-order valence-electron chi connectivity index (χ2n) is 7.97. The number of aliphatic carboxylic acids is 1. The zero-order valence-corrected chi connectivity index (χ0v) is 17.4. The highest BCUT2D eigenvalue weighted by Crippen LogP contribution is 2.40. The van der Waals surface area contributed by atoms with E-state index in [1.807, 2.05) is 12.1 Å². The van der Waals surface area contributed by atoms with Crippen molar-refractivity contribution in [1.29, 1.82) is 0 Å². The van der Waals surface area contributed by atoms with Crippen molar-refractivity contribution in [2.45, 2.75) is 31.5 Å². The zero-order valence-electron chi connectivity index (χ0n) is 17.4. The van der Waals surface area contributed by atoms with E-state index in [0.29, 0.717) is 5.56 Å². The lowest BCUT2D eigenvalue weighted by Crippen LogP contribution is -2.17. The van der Waals surface area contributed by atoms with E-state index in [9.17, 15) is 18.0 Å². The number of alkyl halides is 3. The molecule has 2 aromatic heterocycles. The molecule has 1 unspecified atom stereocenters. The van der Waals surface area contributed by atoms with E-state index in [1.54, 1.807) is 6.07 Å². The molecule has 0 bridgehead atoms. The Labute approximate surface area is 190 Å². The molecule has 2 heterocycles. The maximum Gasteiger partial charge on any atom is 0.573 e. The number of hydrogen-bond acceptors (Lipinski definition) is 5. The normalized spacial score (nSPS) is 15.3. The summed E-state index contributed by atoms with van der Waals surface area (Å²) in [6, 6.07) is 9.18. The molecule has 0 saturated carbocycles. The monoisotopic (exact) mass is 467 g/mol. The number of nitrogens with zero attached hydrogens (tertiary/aromatic N) is 2. The van der Waals surface area contributed by atoms with Gasteiger partial charge in [0.15, 0.2) is 0 Å². The number of carboxylic acids is 1. The van der Waals surface area contributed by atoms with Crippen LogP contribution in [0.15, 0.2) is 40.9 Å². The number of hydrogen-bond donors (Lipinski definition) is 2. The summed E-state index contributed by atoms with van der Waals surface area (Å²) >= 11 is 0. The van der Waals surface area contributed by atoms with Gasteiger partial charge in [-0.15, -0.1) is 19.6 Å². The van der Waals surface area contributed by atoms with Crippen LogP contribution in [0, 0.1) is 12.3 Å². The number of halogens is 3. The lowest BCUT2D eigenvalue weighted by atomic mass is 10.0. The summed E-state index contributed by atoms with van der Waals surface area (Å²) in [6.45, 7) is 0. The molecule has 2 aromatic carbocycles. The van der Waals surface area contributed by atoms with Crippen LogP contribution >= 0.6 is 0 Å². The first-order valence-corrected chi connectivity index (χ1v) is 10.3. The molecule has 0 radical (unpaired) electrons. The van der Waals surface area contributed by atoms with Crippen molar-refractivity contribution in [3.05, 3.63) is 53.2 Å². The molecule has 0 aliphatic heterocycles. The number of aromatic nitrogens is 3. The van der Waals surface area contributed by atoms with E-state index < -0.39 is 18.1 Å². The molecule has 1 aliphatic rings. The number of aryl methyl sites for hydroxylation is 1. The first kappa shape index (κ1) is 21.6. The van der Waals surface area contributed by atoms with Gasteiger partial charge in [0.25, 0.3) is 5.89 Å². The largest absolute Gasteiger partial charge is 0.573 e. The molecule has 0 fully saturated rings. The van der Waals surface area contributed by atoms with Gasteiger partial charge in [0.2, 0.25) is 5.82 Å². The molecule has 2 N–H and O–H groups in total. The summed E-state index contributed by atoms with van der Waals surface area (Å²) in [7, 11) is 0. The van der Waals surface area contributed by atoms with Crippen LogP contribution in [0.3, 0.4) is 0 Å². The minimum Gasteiger partial charge on any atom is -0.481 e. The number of H-pyrrole nitrogens is 1. The lowest BCUT2D eigenvalue weighted by Gasteiger charge is -2.09. The summed E-state index contributed by atoms with van der Waals surface area (Å²) in [5.74, 6) is 1.13. The smallest absolute Gasteiger partial charge is 0.481 e. The second-order valence-corrected chi connectivity index (χ2v) is 7.97. The molecule has 0 spiro atoms. The van der Waals surface area contributed by atoms with Crippen LogP contribution in [0.25, 0.3) is 33.7 Å². The van der Waals surface area contributed by atoms with E-state index in [1.165, 1.54) is 6.07 Å². The van der Waals surface area contributed by atoms with Crippen molar-refractivity contribution in [1.82, 2.24) is 15.1 Å². The Morgan fingerprint density at radius 3 is 2.82 bits per heavy atom. The molecule has 34 heavy (non-hydrogen) atoms. The van der Waals surface area contributed by atoms with Gasteiger partial charge in [-0.25, -0.2) is 0 Å². The highest BCUT2D eigenvalue weighted by atomic mass is 19.4. The Hall–Kier alpha value is -4.26. The van der Waals surface area contributed by atoms with Crippen LogP contribution in [0.4, 0.5) is 13.2 Å². The maximum atomic E-state index is 12.7. The van der Waals surface area contributed by atoms with Gasteiger partial charge in [0.05, 0.1) is 6.42 Å². The summed E-state index contributed by atoms with van der Waals surface area (Å²) in [5.41, 5.74) is 3.88. The van der Waals surface area contributed by atoms with Gasteiger partial charge >= 0.3 is 12.3 Å². The van der Waals surface area contributed by atoms with Crippen LogP contribution in [-0.2, 0) is 11.2 Å². The molecule has 0 amide bonds. The van der Waals surface area contributed by atoms with Gasteiger partial charge in [0, 0.05) is 39.2 Å². The third-order valence-corrected chi connectivity index (χ3v) is 5.75. The molecule has 1 aliphatic carbocycles. The van der Waals surface area contributed by atoms with E-state index >= 15 is 0 Å². The Morgan fingerprint density at radius 2 is 2.09 bits per heavy atom. The second kappa shape index (κ2) is 7.95. The number of carbonyl (C=O) groups is 1. The van der Waals surface area contributed by atoms with Crippen LogP contribution in [0.2, 0.25) is 0 Å². The van der Waals surface area contributed by atoms with Crippen molar-refractivity contribution in [3.63, 3.8) is 0 Å². The van der Waals surface area contributed by atoms with E-state index in [-0.39, 0.29) is 35.2 Å². The first-order chi connectivity index (χ1) is 16.2. The van der Waals surface area contributed by atoms with Gasteiger partial charge in [-0.05, 0) is 54.8 Å². The molecular weight excluding hydrogens is 451 g/mol. The van der Waals surface area contributed by atoms with Crippen LogP contribution in [-0.4, -0.2) is 32.6 Å². The molecule has 5 rings (SSSR count). The van der Waals surface area contributed by atoms with Crippen LogP contribution < -0.4 is 4.74 Å². The van der Waals surface area contributed by atoms with Crippen molar-refractivity contribution < 1.29 is 32.3 Å². The minimum atomic E-state index is -4.87. The zero-order chi connectivity index (χ0) is 24.0. The topological polar surface area (TPSA) is 101 Å². The van der Waals surface area contributed by atoms with Gasteiger partial charge in [0.1, 0.15) is 5.75 Å². The average molecular weight is 467 g/mol. The number of aromatic amines is 1. The SMILES string of the molecule is C#Cc1cc(OC(F)(F)F)cc(-c2nc(-c3ccc4[nH]c5c(c4c3)CCC5CC(=O)O)no2)c1. The van der Waals surface area contributed by atoms with Gasteiger partial charge in [-0.1, -0.05) is 11.1 Å². The summed E-state index contributed by atoms with van der Waals surface area (Å²) in [5, 5.41) is 14.1. The molecule has 1 atom stereocenters. The number of benzene rings is 2. The Bertz CT molecular complexity index is 1460. The average Bonchev–Trinajstić information content (AvgIpc) is 3.48. The fraction of sp³-hybridized carbons (Fsp3) is 0.208. The molecular formula is C24H16F3N3O4. The molecule has 172 valence electrons. The Balaban J connectivity index is 1.49. The first-order valence-electron chi connectivity index (χ1n) is 10.3. The third-order valence-electron chi connectivity index (χ3n) is 5.75. The minimum absolute atomic E-state index is 0.0139. The van der Waals surface area contributed by atoms with Crippen LogP contribution in [0.1, 0.15) is 35.6 Å². The number of rotatable bonds is 5. The molecule has 0 saturated heterocycles. The Kier molecular flexibility index (Phi) is 5.05. The molecule has 10 heteroatoms. The van der Waals surface area contributed by atoms with Gasteiger partial charge < -0.3 is 19.4 Å². The predicted octanol–water partition coefficient (Wildman–Crippen LogP) is 5.27. The summed E-state index contributed by atoms with van der Waals surface area (Å²) < 4.78 is 47.3. The summed E-state index contributed by atoms with van der Waals surface area (Å²) in [6.07, 6.45) is 2.07. The summed E-state index contributed by atoms with van der Waals surface area (Å²) in [4.78, 5) is 18.8. The van der Waals surface area contributed by atoms with E-state index in [4.69, 9.17) is 16.1 Å². The molecule has 4 aromatic rings. The number of ether oxygens (including phenoxy) is 1. The fourth-order valence-electron chi connectivity index (χ4n) is 4.36. The van der Waals surface area contributed by atoms with Crippen molar-refractivity contribution >= 4 is 16.9 Å².